The summed E-state index contributed by atoms with van der Waals surface area (Å²) in [4.78, 5) is 14.3. The first-order valence-electron chi connectivity index (χ1n) is 8.21. The summed E-state index contributed by atoms with van der Waals surface area (Å²) in [5.74, 6) is -0.820. The topological polar surface area (TPSA) is 49.8 Å². The van der Waals surface area contributed by atoms with Crippen molar-refractivity contribution in [3.8, 4) is 5.75 Å². The lowest BCUT2D eigenvalue weighted by Crippen LogP contribution is -2.41. The summed E-state index contributed by atoms with van der Waals surface area (Å²) in [6.45, 7) is 0.0790. The Hall–Kier alpha value is -2.47. The maximum absolute atomic E-state index is 14.2. The molecule has 1 fully saturated rings. The van der Waals surface area contributed by atoms with Crippen LogP contribution in [0.5, 0.6) is 5.75 Å². The highest BCUT2D eigenvalue weighted by Crippen LogP contribution is 2.36. The molecule has 2 aliphatic heterocycles. The molecule has 1 amide bonds. The van der Waals surface area contributed by atoms with Crippen LogP contribution in [0.3, 0.4) is 0 Å². The molecular weight excluding hydrogens is 328 g/mol. The van der Waals surface area contributed by atoms with Gasteiger partial charge in [-0.15, -0.1) is 0 Å². The van der Waals surface area contributed by atoms with Crippen LogP contribution in [0.1, 0.15) is 23.6 Å². The highest BCUT2D eigenvalue weighted by Gasteiger charge is 2.41. The summed E-state index contributed by atoms with van der Waals surface area (Å²) in [6, 6.07) is 9.85. The minimum absolute atomic E-state index is 0.0790. The third-order valence-electron chi connectivity index (χ3n) is 4.80. The average Bonchev–Trinajstić information content (AvgIpc) is 3.19. The lowest BCUT2D eigenvalue weighted by Gasteiger charge is -2.27. The summed E-state index contributed by atoms with van der Waals surface area (Å²) in [6.07, 6.45) is -0.881. The van der Waals surface area contributed by atoms with Crippen LogP contribution < -0.4 is 4.74 Å². The molecule has 4 nitrogen and oxygen atoms in total. The first-order chi connectivity index (χ1) is 12.0. The number of fused-ring (bicyclic) bond motifs is 1. The summed E-state index contributed by atoms with van der Waals surface area (Å²) >= 11 is 0. The highest BCUT2D eigenvalue weighted by molar-refractivity contribution is 5.83. The van der Waals surface area contributed by atoms with Gasteiger partial charge in [-0.25, -0.2) is 8.78 Å². The number of benzene rings is 2. The molecule has 2 aromatic carbocycles. The fourth-order valence-electron chi connectivity index (χ4n) is 3.63. The van der Waals surface area contributed by atoms with Crippen molar-refractivity contribution in [2.75, 3.05) is 6.54 Å². The molecule has 4 rings (SSSR count). The van der Waals surface area contributed by atoms with Gasteiger partial charge in [0.2, 0.25) is 0 Å². The molecule has 0 aliphatic carbocycles. The molecule has 25 heavy (non-hydrogen) atoms. The number of likely N-dealkylation sites (tertiary alicyclic amines) is 1. The van der Waals surface area contributed by atoms with Gasteiger partial charge >= 0.3 is 0 Å². The van der Waals surface area contributed by atoms with Crippen molar-refractivity contribution in [2.45, 2.75) is 31.1 Å². The van der Waals surface area contributed by atoms with Crippen LogP contribution >= 0.6 is 0 Å². The quantitative estimate of drug-likeness (QED) is 0.910. The molecule has 3 unspecified atom stereocenters. The maximum atomic E-state index is 14.2. The number of nitrogens with zero attached hydrogens (tertiary/aromatic N) is 1. The third-order valence-corrected chi connectivity index (χ3v) is 4.80. The second-order valence-electron chi connectivity index (χ2n) is 6.48. The van der Waals surface area contributed by atoms with Crippen molar-refractivity contribution < 1.29 is 23.4 Å². The number of carbonyl (C=O) groups excluding carboxylic acids is 1. The van der Waals surface area contributed by atoms with Gasteiger partial charge in [0, 0.05) is 18.5 Å². The molecule has 0 bridgehead atoms. The van der Waals surface area contributed by atoms with E-state index in [1.807, 2.05) is 18.2 Å². The van der Waals surface area contributed by atoms with Gasteiger partial charge in [-0.05, 0) is 36.2 Å². The van der Waals surface area contributed by atoms with Crippen molar-refractivity contribution in [3.63, 3.8) is 0 Å². The Kier molecular flexibility index (Phi) is 3.92. The predicted molar refractivity (Wildman–Crippen MR) is 86.0 cm³/mol. The summed E-state index contributed by atoms with van der Waals surface area (Å²) < 4.78 is 33.4. The van der Waals surface area contributed by atoms with Crippen LogP contribution in [-0.2, 0) is 11.2 Å². The summed E-state index contributed by atoms with van der Waals surface area (Å²) in [5, 5.41) is 10.0. The number of ether oxygens (including phenoxy) is 1. The van der Waals surface area contributed by atoms with E-state index in [0.717, 1.165) is 23.8 Å². The second kappa shape index (κ2) is 6.11. The van der Waals surface area contributed by atoms with Crippen LogP contribution in [0.4, 0.5) is 8.78 Å². The molecule has 130 valence electrons. The Labute approximate surface area is 143 Å². The Morgan fingerprint density at radius 1 is 1.20 bits per heavy atom. The zero-order valence-corrected chi connectivity index (χ0v) is 13.4. The number of para-hydroxylation sites is 1. The van der Waals surface area contributed by atoms with Crippen molar-refractivity contribution in [1.82, 2.24) is 4.90 Å². The van der Waals surface area contributed by atoms with Crippen molar-refractivity contribution in [2.24, 2.45) is 0 Å². The average molecular weight is 345 g/mol. The first-order valence-corrected chi connectivity index (χ1v) is 8.21. The minimum Gasteiger partial charge on any atom is -0.480 e. The normalized spacial score (nSPS) is 24.9. The van der Waals surface area contributed by atoms with Crippen LogP contribution in [0.2, 0.25) is 0 Å². The smallest absolute Gasteiger partial charge is 0.264 e. The number of β-amino-alcohol motifs (C(OH)–C–C–N with tert-alkyl or cyclic N) is 1. The number of amides is 1. The fraction of sp³-hybridized carbons (Fsp3) is 0.316. The number of halogens is 2. The molecule has 6 heteroatoms. The van der Waals surface area contributed by atoms with E-state index in [1.165, 1.54) is 4.90 Å². The van der Waals surface area contributed by atoms with E-state index >= 15 is 0 Å². The Bertz CT molecular complexity index is 801. The van der Waals surface area contributed by atoms with Crippen LogP contribution in [-0.4, -0.2) is 34.7 Å². The first kappa shape index (κ1) is 16.0. The van der Waals surface area contributed by atoms with Crippen molar-refractivity contribution in [3.05, 3.63) is 65.2 Å². The number of hydrogen-bond acceptors (Lipinski definition) is 3. The number of carbonyl (C=O) groups is 1. The second-order valence-corrected chi connectivity index (χ2v) is 6.48. The third kappa shape index (κ3) is 2.87. The molecular formula is C19H17F2NO3. The lowest BCUT2D eigenvalue weighted by atomic mass is 10.0. The lowest BCUT2D eigenvalue weighted by molar-refractivity contribution is -0.139. The molecule has 0 aromatic heterocycles. The van der Waals surface area contributed by atoms with E-state index in [2.05, 4.69) is 0 Å². The van der Waals surface area contributed by atoms with E-state index in [9.17, 15) is 18.7 Å². The fourth-order valence-corrected chi connectivity index (χ4v) is 3.63. The molecule has 2 aromatic rings. The molecule has 0 saturated carbocycles. The number of aliphatic hydroxyl groups excluding tert-OH is 1. The van der Waals surface area contributed by atoms with Gasteiger partial charge in [-0.2, -0.15) is 0 Å². The Balaban J connectivity index is 1.60. The molecule has 0 radical (unpaired) electrons. The van der Waals surface area contributed by atoms with Gasteiger partial charge in [0.05, 0.1) is 12.1 Å². The van der Waals surface area contributed by atoms with Crippen molar-refractivity contribution in [1.29, 1.82) is 0 Å². The van der Waals surface area contributed by atoms with E-state index in [0.29, 0.717) is 12.2 Å². The standard InChI is InChI=1S/C19H17F2NO3/c20-12-5-6-15(21)14(8-12)16-9-13(23)10-22(16)19(24)18-7-11-3-1-2-4-17(11)25-18/h1-6,8,13,16,18,23H,7,9-10H2. The Morgan fingerprint density at radius 3 is 2.80 bits per heavy atom. The zero-order chi connectivity index (χ0) is 17.6. The van der Waals surface area contributed by atoms with Crippen molar-refractivity contribution >= 4 is 5.91 Å². The predicted octanol–water partition coefficient (Wildman–Crippen LogP) is 2.60. The van der Waals surface area contributed by atoms with E-state index in [4.69, 9.17) is 4.74 Å². The number of hydrogen-bond donors (Lipinski definition) is 1. The zero-order valence-electron chi connectivity index (χ0n) is 13.4. The van der Waals surface area contributed by atoms with Gasteiger partial charge < -0.3 is 14.7 Å². The minimum atomic E-state index is -0.777. The van der Waals surface area contributed by atoms with E-state index in [1.54, 1.807) is 6.07 Å². The van der Waals surface area contributed by atoms with Gasteiger partial charge in [-0.1, -0.05) is 18.2 Å². The summed E-state index contributed by atoms with van der Waals surface area (Å²) in [7, 11) is 0. The molecule has 3 atom stereocenters. The van der Waals surface area contributed by atoms with E-state index < -0.39 is 29.9 Å². The van der Waals surface area contributed by atoms with Gasteiger partial charge in [0.1, 0.15) is 17.4 Å². The number of rotatable bonds is 2. The molecule has 2 aliphatic rings. The molecule has 0 spiro atoms. The van der Waals surface area contributed by atoms with E-state index in [-0.39, 0.29) is 24.4 Å². The van der Waals surface area contributed by atoms with Gasteiger partial charge in [0.15, 0.2) is 6.10 Å². The number of aliphatic hydroxyl groups is 1. The monoisotopic (exact) mass is 345 g/mol. The van der Waals surface area contributed by atoms with Crippen LogP contribution in [0.15, 0.2) is 42.5 Å². The van der Waals surface area contributed by atoms with Gasteiger partial charge in [-0.3, -0.25) is 4.79 Å². The highest BCUT2D eigenvalue weighted by atomic mass is 19.1. The maximum Gasteiger partial charge on any atom is 0.264 e. The molecule has 1 saturated heterocycles. The van der Waals surface area contributed by atoms with Crippen LogP contribution in [0.25, 0.3) is 0 Å². The Morgan fingerprint density at radius 2 is 2.00 bits per heavy atom. The van der Waals surface area contributed by atoms with Gasteiger partial charge in [0.25, 0.3) is 5.91 Å². The summed E-state index contributed by atoms with van der Waals surface area (Å²) in [5.41, 5.74) is 1.02. The largest absolute Gasteiger partial charge is 0.480 e. The van der Waals surface area contributed by atoms with Crippen LogP contribution in [0, 0.1) is 11.6 Å². The molecule has 1 N–H and O–H groups in total. The SMILES string of the molecule is O=C(C1Cc2ccccc2O1)N1CC(O)CC1c1cc(F)ccc1F. The molecule has 2 heterocycles.